The molecule has 3 rings (SSSR count). The number of allylic oxidation sites excluding steroid dienone is 9. The minimum Gasteiger partial charge on any atom is -0.100 e. The van der Waals surface area contributed by atoms with Crippen LogP contribution in [0, 0.1) is 46.8 Å². The van der Waals surface area contributed by atoms with Gasteiger partial charge in [0.2, 0.25) is 0 Å². The standard InChI is InChI=1S/C22H38.C10H18.C9H14.C4H8/c1-8-20-21(22(20,6)7)19(15(2)3)14-16(4)17(5)18-12-10-9-11-13-18;1-6-7-9(4)10(5)8(2)3;1-8(2)9-6-4-3-5-7-9;1-4(2)3/h17-21H,2,4,8-14H2,1,3,5-7H3;9H,2,5-7H2,1,3-4H3;4,6-8H,3,5H2,1-2H3;1H2,2-3H3. The molecule has 0 bridgehead atoms. The van der Waals surface area contributed by atoms with Crippen molar-refractivity contribution in [1.29, 1.82) is 0 Å². The lowest BCUT2D eigenvalue weighted by Gasteiger charge is -2.31. The molecule has 2 saturated carbocycles. The van der Waals surface area contributed by atoms with Crippen molar-refractivity contribution in [3.63, 3.8) is 0 Å². The molecule has 0 nitrogen and oxygen atoms in total. The molecule has 0 spiro atoms. The smallest absolute Gasteiger partial charge is 0.0135 e. The second kappa shape index (κ2) is 21.9. The Labute approximate surface area is 284 Å². The summed E-state index contributed by atoms with van der Waals surface area (Å²) in [6, 6.07) is 0. The third-order valence-corrected chi connectivity index (χ3v) is 10.7. The van der Waals surface area contributed by atoms with Gasteiger partial charge in [-0.15, -0.1) is 6.58 Å². The first-order valence-electron chi connectivity index (χ1n) is 18.6. The van der Waals surface area contributed by atoms with Crippen LogP contribution in [-0.2, 0) is 0 Å². The predicted octanol–water partition coefficient (Wildman–Crippen LogP) is 15.1. The lowest BCUT2D eigenvalue weighted by Crippen LogP contribution is -2.19. The van der Waals surface area contributed by atoms with E-state index in [1.807, 2.05) is 20.8 Å². The molecule has 3 aliphatic rings. The molecule has 0 aromatic rings. The van der Waals surface area contributed by atoms with Gasteiger partial charge in [0.05, 0.1) is 0 Å². The van der Waals surface area contributed by atoms with Gasteiger partial charge in [-0.1, -0.05) is 160 Å². The van der Waals surface area contributed by atoms with E-state index in [2.05, 4.69) is 113 Å². The lowest BCUT2D eigenvalue weighted by molar-refractivity contribution is 0.281. The van der Waals surface area contributed by atoms with E-state index in [0.717, 1.165) is 23.3 Å². The molecule has 0 aromatic carbocycles. The highest BCUT2D eigenvalue weighted by molar-refractivity contribution is 5.25. The van der Waals surface area contributed by atoms with Gasteiger partial charge in [-0.25, -0.2) is 0 Å². The zero-order valence-corrected chi connectivity index (χ0v) is 32.6. The summed E-state index contributed by atoms with van der Waals surface area (Å²) in [4.78, 5) is 0. The molecule has 3 aliphatic carbocycles. The van der Waals surface area contributed by atoms with Gasteiger partial charge in [-0.05, 0) is 119 Å². The van der Waals surface area contributed by atoms with Crippen LogP contribution >= 0.6 is 0 Å². The van der Waals surface area contributed by atoms with Crippen LogP contribution in [0.2, 0.25) is 0 Å². The van der Waals surface area contributed by atoms with Crippen molar-refractivity contribution < 1.29 is 0 Å². The van der Waals surface area contributed by atoms with E-state index in [1.165, 1.54) is 98.5 Å². The lowest BCUT2D eigenvalue weighted by atomic mass is 9.74. The fourth-order valence-electron chi connectivity index (χ4n) is 7.50. The van der Waals surface area contributed by atoms with Crippen molar-refractivity contribution >= 4 is 0 Å². The minimum atomic E-state index is 0.507. The maximum atomic E-state index is 4.52. The SMILES string of the molecule is C=C(C)C.C=C(C)C(=C)C(C)CCC.C=C(CC(C(=C)C)C1C(CC)C1(C)C)C(C)C1CCCCC1.CC(C)C1=CCCC=C1. The molecule has 5 unspecified atom stereocenters. The number of hydrogen-bond donors (Lipinski definition) is 0. The van der Waals surface area contributed by atoms with Crippen molar-refractivity contribution in [3.8, 4) is 0 Å². The fourth-order valence-corrected chi connectivity index (χ4v) is 7.50. The Morgan fingerprint density at radius 2 is 1.42 bits per heavy atom. The second-order valence-corrected chi connectivity index (χ2v) is 15.9. The summed E-state index contributed by atoms with van der Waals surface area (Å²) >= 11 is 0. The monoisotopic (exact) mass is 619 g/mol. The molecule has 0 saturated heterocycles. The third-order valence-electron chi connectivity index (χ3n) is 10.7. The first-order chi connectivity index (χ1) is 20.9. The van der Waals surface area contributed by atoms with E-state index in [4.69, 9.17) is 0 Å². The average molecular weight is 619 g/mol. The molecule has 45 heavy (non-hydrogen) atoms. The molecule has 0 N–H and O–H groups in total. The second-order valence-electron chi connectivity index (χ2n) is 15.9. The van der Waals surface area contributed by atoms with Gasteiger partial charge in [0.15, 0.2) is 0 Å². The molecule has 5 atom stereocenters. The van der Waals surface area contributed by atoms with Crippen molar-refractivity contribution in [2.24, 2.45) is 46.8 Å². The highest BCUT2D eigenvalue weighted by Gasteiger charge is 2.59. The van der Waals surface area contributed by atoms with E-state index in [9.17, 15) is 0 Å². The quantitative estimate of drug-likeness (QED) is 0.151. The normalized spacial score (nSPS) is 22.0. The van der Waals surface area contributed by atoms with Gasteiger partial charge in [0.1, 0.15) is 0 Å². The summed E-state index contributed by atoms with van der Waals surface area (Å²) < 4.78 is 0. The summed E-state index contributed by atoms with van der Waals surface area (Å²) in [6.07, 6.45) is 21.4. The molecule has 0 amide bonds. The van der Waals surface area contributed by atoms with E-state index in [-0.39, 0.29) is 0 Å². The highest BCUT2D eigenvalue weighted by atomic mass is 14.6. The minimum absolute atomic E-state index is 0.507. The fraction of sp³-hybridized carbons (Fsp3) is 0.689. The van der Waals surface area contributed by atoms with Gasteiger partial charge >= 0.3 is 0 Å². The molecule has 0 radical (unpaired) electrons. The van der Waals surface area contributed by atoms with E-state index in [0.29, 0.717) is 29.1 Å². The third kappa shape index (κ3) is 16.0. The molecule has 0 heterocycles. The van der Waals surface area contributed by atoms with Gasteiger partial charge in [0, 0.05) is 0 Å². The molecule has 0 heteroatoms. The average Bonchev–Trinajstić information content (AvgIpc) is 3.55. The van der Waals surface area contributed by atoms with Crippen molar-refractivity contribution in [3.05, 3.63) is 84.6 Å². The van der Waals surface area contributed by atoms with Crippen LogP contribution in [0.3, 0.4) is 0 Å². The van der Waals surface area contributed by atoms with E-state index < -0.39 is 0 Å². The zero-order chi connectivity index (χ0) is 34.9. The Kier molecular flexibility index (Phi) is 21.0. The van der Waals surface area contributed by atoms with Crippen LogP contribution < -0.4 is 0 Å². The number of hydrogen-bond acceptors (Lipinski definition) is 0. The molecular weight excluding hydrogens is 540 g/mol. The highest BCUT2D eigenvalue weighted by Crippen LogP contribution is 2.65. The Bertz CT molecular complexity index is 981. The van der Waals surface area contributed by atoms with Gasteiger partial charge < -0.3 is 0 Å². The summed E-state index contributed by atoms with van der Waals surface area (Å²) in [5.74, 6) is 5.27. The summed E-state index contributed by atoms with van der Waals surface area (Å²) in [7, 11) is 0. The predicted molar refractivity (Wildman–Crippen MR) is 209 cm³/mol. The first kappa shape index (κ1) is 43.2. The van der Waals surface area contributed by atoms with Crippen LogP contribution in [0.1, 0.15) is 154 Å². The Hall–Kier alpha value is -1.82. The molecular formula is C45H78. The van der Waals surface area contributed by atoms with Gasteiger partial charge in [0.25, 0.3) is 0 Å². The van der Waals surface area contributed by atoms with Crippen molar-refractivity contribution in [2.75, 3.05) is 0 Å². The van der Waals surface area contributed by atoms with E-state index in [1.54, 1.807) is 0 Å². The molecule has 0 aliphatic heterocycles. The Morgan fingerprint density at radius 3 is 1.78 bits per heavy atom. The first-order valence-corrected chi connectivity index (χ1v) is 18.6. The van der Waals surface area contributed by atoms with Crippen molar-refractivity contribution in [2.45, 2.75) is 154 Å². The molecule has 258 valence electrons. The van der Waals surface area contributed by atoms with Crippen LogP contribution in [0.4, 0.5) is 0 Å². The van der Waals surface area contributed by atoms with Crippen LogP contribution in [0.15, 0.2) is 84.6 Å². The van der Waals surface area contributed by atoms with E-state index >= 15 is 0 Å². The van der Waals surface area contributed by atoms with Gasteiger partial charge in [-0.3, -0.25) is 0 Å². The summed E-state index contributed by atoms with van der Waals surface area (Å²) in [5, 5.41) is 0. The zero-order valence-electron chi connectivity index (χ0n) is 32.6. The number of rotatable bonds is 12. The van der Waals surface area contributed by atoms with Crippen LogP contribution in [0.25, 0.3) is 0 Å². The maximum Gasteiger partial charge on any atom is -0.0135 e. The Balaban J connectivity index is 0.000000695. The Morgan fingerprint density at radius 1 is 0.867 bits per heavy atom. The summed E-state index contributed by atoms with van der Waals surface area (Å²) in [6.45, 7) is 47.0. The topological polar surface area (TPSA) is 0 Å². The summed E-state index contributed by atoms with van der Waals surface area (Å²) in [5.41, 5.74) is 8.39. The van der Waals surface area contributed by atoms with Crippen LogP contribution in [-0.4, -0.2) is 0 Å². The maximum absolute atomic E-state index is 4.52. The largest absolute Gasteiger partial charge is 0.100 e. The molecule has 2 fully saturated rings. The molecule has 0 aromatic heterocycles. The van der Waals surface area contributed by atoms with Crippen LogP contribution in [0.5, 0.6) is 0 Å². The van der Waals surface area contributed by atoms with Crippen molar-refractivity contribution in [1.82, 2.24) is 0 Å². The van der Waals surface area contributed by atoms with Gasteiger partial charge in [-0.2, -0.15) is 0 Å².